The number of nitrogens with zero attached hydrogens (tertiary/aromatic N) is 4. The Morgan fingerprint density at radius 3 is 2.67 bits per heavy atom. The third-order valence-corrected chi connectivity index (χ3v) is 5.31. The highest BCUT2D eigenvalue weighted by Gasteiger charge is 2.39. The Bertz CT molecular complexity index is 595. The number of carbonyl (C=O) groups excluding carboxylic acids is 1. The van der Waals surface area contributed by atoms with E-state index in [2.05, 4.69) is 16.9 Å². The van der Waals surface area contributed by atoms with Crippen LogP contribution in [0.4, 0.5) is 0 Å². The summed E-state index contributed by atoms with van der Waals surface area (Å²) >= 11 is 0. The summed E-state index contributed by atoms with van der Waals surface area (Å²) in [5.74, 6) is 1.09. The molecule has 3 heterocycles. The maximum Gasteiger partial charge on any atom is 0.261 e. The van der Waals surface area contributed by atoms with E-state index in [-0.39, 0.29) is 5.91 Å². The third-order valence-electron chi connectivity index (χ3n) is 5.31. The second-order valence-electron chi connectivity index (χ2n) is 6.69. The zero-order chi connectivity index (χ0) is 17.3. The van der Waals surface area contributed by atoms with Crippen molar-refractivity contribution in [3.63, 3.8) is 0 Å². The molecule has 1 aromatic heterocycles. The molecule has 24 heavy (non-hydrogen) atoms. The molecule has 0 unspecified atom stereocenters. The van der Waals surface area contributed by atoms with Crippen LogP contribution in [0.1, 0.15) is 29.4 Å². The van der Waals surface area contributed by atoms with E-state index in [4.69, 9.17) is 9.47 Å². The number of rotatable bonds is 4. The average molecular weight is 336 g/mol. The second kappa shape index (κ2) is 7.11. The molecule has 0 saturated carbocycles. The number of methoxy groups -OCH3 is 1. The lowest BCUT2D eigenvalue weighted by atomic mass is 9.99. The van der Waals surface area contributed by atoms with E-state index in [1.54, 1.807) is 18.8 Å². The minimum atomic E-state index is 0.0339. The van der Waals surface area contributed by atoms with E-state index in [1.165, 1.54) is 0 Å². The number of ether oxygens (including phenoxy) is 2. The molecule has 2 saturated heterocycles. The van der Waals surface area contributed by atoms with Gasteiger partial charge in [-0.3, -0.25) is 9.69 Å². The number of hydrogen-bond donors (Lipinski definition) is 0. The number of carbonyl (C=O) groups is 1. The topological polar surface area (TPSA) is 59.8 Å². The predicted molar refractivity (Wildman–Crippen MR) is 90.4 cm³/mol. The van der Waals surface area contributed by atoms with Gasteiger partial charge in [0.1, 0.15) is 5.56 Å². The average Bonchev–Trinajstić information content (AvgIpc) is 3.15. The van der Waals surface area contributed by atoms with Crippen LogP contribution < -0.4 is 4.74 Å². The van der Waals surface area contributed by atoms with Crippen molar-refractivity contribution in [3.8, 4) is 5.88 Å². The van der Waals surface area contributed by atoms with Crippen molar-refractivity contribution in [2.24, 2.45) is 13.0 Å². The summed E-state index contributed by atoms with van der Waals surface area (Å²) in [6, 6.07) is 0.422. The van der Waals surface area contributed by atoms with Gasteiger partial charge >= 0.3 is 0 Å². The van der Waals surface area contributed by atoms with Crippen LogP contribution in [-0.4, -0.2) is 78.0 Å². The second-order valence-corrected chi connectivity index (χ2v) is 6.69. The van der Waals surface area contributed by atoms with Gasteiger partial charge in [-0.15, -0.1) is 0 Å². The van der Waals surface area contributed by atoms with Crippen molar-refractivity contribution in [1.29, 1.82) is 0 Å². The summed E-state index contributed by atoms with van der Waals surface area (Å²) in [5.41, 5.74) is 1.32. The van der Waals surface area contributed by atoms with E-state index in [0.29, 0.717) is 23.4 Å². The Hall–Kier alpha value is -1.60. The lowest BCUT2D eigenvalue weighted by molar-refractivity contribution is 0.0102. The number of likely N-dealkylation sites (tertiary alicyclic amines) is 1. The minimum absolute atomic E-state index is 0.0339. The first kappa shape index (κ1) is 17.2. The first-order valence-corrected chi connectivity index (χ1v) is 8.75. The molecule has 3 rings (SSSR count). The normalized spacial score (nSPS) is 25.2. The monoisotopic (exact) mass is 336 g/mol. The summed E-state index contributed by atoms with van der Waals surface area (Å²) in [7, 11) is 3.39. The van der Waals surface area contributed by atoms with Crippen molar-refractivity contribution in [1.82, 2.24) is 19.6 Å². The fourth-order valence-corrected chi connectivity index (χ4v) is 4.02. The van der Waals surface area contributed by atoms with Crippen LogP contribution >= 0.6 is 0 Å². The molecular weight excluding hydrogens is 308 g/mol. The maximum absolute atomic E-state index is 13.1. The van der Waals surface area contributed by atoms with Crippen molar-refractivity contribution < 1.29 is 14.3 Å². The largest absolute Gasteiger partial charge is 0.481 e. The van der Waals surface area contributed by atoms with Crippen LogP contribution in [0.5, 0.6) is 5.88 Å². The number of aryl methyl sites for hydroxylation is 2. The smallest absolute Gasteiger partial charge is 0.261 e. The Labute approximate surface area is 143 Å². The molecule has 0 spiro atoms. The summed E-state index contributed by atoms with van der Waals surface area (Å²) < 4.78 is 12.5. The molecule has 2 atom stereocenters. The lowest BCUT2D eigenvalue weighted by Gasteiger charge is -2.34. The quantitative estimate of drug-likeness (QED) is 0.818. The van der Waals surface area contributed by atoms with Gasteiger partial charge in [0.05, 0.1) is 26.0 Å². The van der Waals surface area contributed by atoms with Crippen LogP contribution in [0.25, 0.3) is 0 Å². The van der Waals surface area contributed by atoms with E-state index >= 15 is 0 Å². The first-order chi connectivity index (χ1) is 11.6. The fourth-order valence-electron chi connectivity index (χ4n) is 4.02. The van der Waals surface area contributed by atoms with Crippen LogP contribution in [0, 0.1) is 12.8 Å². The maximum atomic E-state index is 13.1. The van der Waals surface area contributed by atoms with Gasteiger partial charge in [0.2, 0.25) is 5.88 Å². The van der Waals surface area contributed by atoms with Gasteiger partial charge in [-0.2, -0.15) is 5.10 Å². The van der Waals surface area contributed by atoms with Crippen molar-refractivity contribution in [3.05, 3.63) is 11.3 Å². The molecule has 0 aromatic carbocycles. The van der Waals surface area contributed by atoms with Gasteiger partial charge in [0, 0.05) is 39.3 Å². The highest BCUT2D eigenvalue weighted by molar-refractivity contribution is 5.97. The molecule has 0 bridgehead atoms. The highest BCUT2D eigenvalue weighted by Crippen LogP contribution is 2.29. The molecule has 7 nitrogen and oxygen atoms in total. The Morgan fingerprint density at radius 1 is 1.33 bits per heavy atom. The molecule has 2 aliphatic heterocycles. The number of hydrogen-bond acceptors (Lipinski definition) is 5. The van der Waals surface area contributed by atoms with Gasteiger partial charge < -0.3 is 14.4 Å². The van der Waals surface area contributed by atoms with Crippen LogP contribution in [-0.2, 0) is 11.8 Å². The van der Waals surface area contributed by atoms with Crippen molar-refractivity contribution in [2.45, 2.75) is 26.3 Å². The summed E-state index contributed by atoms with van der Waals surface area (Å²) in [6.45, 7) is 9.14. The molecule has 1 aromatic rings. The highest BCUT2D eigenvalue weighted by atomic mass is 16.5. The molecule has 7 heteroatoms. The Morgan fingerprint density at radius 2 is 2.04 bits per heavy atom. The molecule has 0 radical (unpaired) electrons. The van der Waals surface area contributed by atoms with E-state index in [0.717, 1.165) is 51.5 Å². The summed E-state index contributed by atoms with van der Waals surface area (Å²) in [4.78, 5) is 17.6. The lowest BCUT2D eigenvalue weighted by Crippen LogP contribution is -2.47. The van der Waals surface area contributed by atoms with E-state index in [1.807, 2.05) is 11.8 Å². The van der Waals surface area contributed by atoms with Gasteiger partial charge in [-0.1, -0.05) is 13.3 Å². The van der Waals surface area contributed by atoms with Gasteiger partial charge in [-0.05, 0) is 12.8 Å². The fraction of sp³-hybridized carbons (Fsp3) is 0.765. The van der Waals surface area contributed by atoms with E-state index < -0.39 is 0 Å². The molecule has 134 valence electrons. The van der Waals surface area contributed by atoms with Crippen LogP contribution in [0.2, 0.25) is 0 Å². The first-order valence-electron chi connectivity index (χ1n) is 8.75. The standard InChI is InChI=1S/C17H28N4O3/c1-5-13-10-21(11-14(13)20-6-8-24-9-7-20)16(22)15-12(2)18-19(3)17(15)23-4/h13-14H,5-11H2,1-4H3/t13-,14-/m0/s1. The molecule has 0 N–H and O–H groups in total. The predicted octanol–water partition coefficient (Wildman–Crippen LogP) is 0.920. The molecule has 0 aliphatic carbocycles. The van der Waals surface area contributed by atoms with Crippen molar-refractivity contribution in [2.75, 3.05) is 46.5 Å². The Balaban J connectivity index is 1.79. The summed E-state index contributed by atoms with van der Waals surface area (Å²) in [6.07, 6.45) is 1.08. The number of morpholine rings is 1. The van der Waals surface area contributed by atoms with Gasteiger partial charge in [0.25, 0.3) is 5.91 Å². The molecule has 2 aliphatic rings. The minimum Gasteiger partial charge on any atom is -0.481 e. The zero-order valence-electron chi connectivity index (χ0n) is 15.1. The molecule has 2 fully saturated rings. The molecule has 1 amide bonds. The number of aromatic nitrogens is 2. The Kier molecular flexibility index (Phi) is 5.10. The molecular formula is C17H28N4O3. The van der Waals surface area contributed by atoms with E-state index in [9.17, 15) is 4.79 Å². The van der Waals surface area contributed by atoms with Crippen LogP contribution in [0.3, 0.4) is 0 Å². The zero-order valence-corrected chi connectivity index (χ0v) is 15.1. The van der Waals surface area contributed by atoms with Gasteiger partial charge in [-0.25, -0.2) is 4.68 Å². The third kappa shape index (κ3) is 3.02. The van der Waals surface area contributed by atoms with Crippen LogP contribution in [0.15, 0.2) is 0 Å². The summed E-state index contributed by atoms with van der Waals surface area (Å²) in [5, 5.41) is 4.34. The number of amides is 1. The van der Waals surface area contributed by atoms with Crippen molar-refractivity contribution >= 4 is 5.91 Å². The SMILES string of the molecule is CC[C@H]1CN(C(=O)c2c(C)nn(C)c2OC)C[C@@H]1N1CCOCC1. The van der Waals surface area contributed by atoms with Gasteiger partial charge in [0.15, 0.2) is 0 Å².